The number of esters is 1. The van der Waals surface area contributed by atoms with Crippen LogP contribution in [0.1, 0.15) is 41.6 Å². The van der Waals surface area contributed by atoms with Gasteiger partial charge in [-0.25, -0.2) is 13.2 Å². The third kappa shape index (κ3) is 4.09. The summed E-state index contributed by atoms with van der Waals surface area (Å²) in [5.41, 5.74) is 1.20. The van der Waals surface area contributed by atoms with Crippen molar-refractivity contribution in [2.75, 3.05) is 14.2 Å². The van der Waals surface area contributed by atoms with E-state index in [2.05, 4.69) is 4.74 Å². The molecular weight excluding hydrogens is 426 g/mol. The van der Waals surface area contributed by atoms with E-state index >= 15 is 0 Å². The van der Waals surface area contributed by atoms with Crippen LogP contribution in [0.2, 0.25) is 5.02 Å². The Morgan fingerprint density at radius 2 is 1.60 bits per heavy atom. The van der Waals surface area contributed by atoms with E-state index in [9.17, 15) is 18.0 Å². The molecule has 0 aliphatic heterocycles. The first kappa shape index (κ1) is 22.3. The number of hydrogen-bond acceptors (Lipinski definition) is 5. The van der Waals surface area contributed by atoms with Crippen LogP contribution in [0, 0.1) is 0 Å². The molecule has 0 heterocycles. The monoisotopic (exact) mass is 449 g/mol. The minimum Gasteiger partial charge on any atom is -0.465 e. The van der Waals surface area contributed by atoms with Gasteiger partial charge in [-0.2, -0.15) is 0 Å². The van der Waals surface area contributed by atoms with Gasteiger partial charge in [0, 0.05) is 18.6 Å². The van der Waals surface area contributed by atoms with E-state index in [1.54, 1.807) is 31.3 Å². The number of benzene rings is 2. The Labute approximate surface area is 181 Å². The summed E-state index contributed by atoms with van der Waals surface area (Å²) in [5, 5.41) is 0.438. The zero-order valence-electron chi connectivity index (χ0n) is 16.9. The van der Waals surface area contributed by atoms with Gasteiger partial charge in [-0.1, -0.05) is 36.6 Å². The van der Waals surface area contributed by atoms with Crippen LogP contribution in [0.15, 0.2) is 53.4 Å². The number of rotatable bonds is 6. The average Bonchev–Trinajstić information content (AvgIpc) is 3.25. The van der Waals surface area contributed by atoms with Crippen molar-refractivity contribution >= 4 is 33.3 Å². The standard InChI is InChI=1S/C22H24ClNO5S/c1-24(15-16-5-7-17(8-6-16)20(25)29-2)21(26)22(13-3-4-14-22)30(27,28)19-11-9-18(23)10-12-19/h5-12H,3-4,13-15H2,1-2H3. The normalized spacial score (nSPS) is 15.6. The van der Waals surface area contributed by atoms with Crippen LogP contribution < -0.4 is 0 Å². The summed E-state index contributed by atoms with van der Waals surface area (Å²) in [7, 11) is -0.970. The largest absolute Gasteiger partial charge is 0.465 e. The molecule has 2 aromatic rings. The minimum atomic E-state index is -3.89. The minimum absolute atomic E-state index is 0.109. The summed E-state index contributed by atoms with van der Waals surface area (Å²) in [6.07, 6.45) is 1.95. The highest BCUT2D eigenvalue weighted by Gasteiger charge is 2.53. The average molecular weight is 450 g/mol. The Balaban J connectivity index is 1.86. The number of nitrogens with zero attached hydrogens (tertiary/aromatic N) is 1. The van der Waals surface area contributed by atoms with E-state index in [1.807, 2.05) is 0 Å². The molecule has 0 spiro atoms. The zero-order valence-corrected chi connectivity index (χ0v) is 18.5. The van der Waals surface area contributed by atoms with E-state index in [1.165, 1.54) is 36.3 Å². The van der Waals surface area contributed by atoms with Gasteiger partial charge in [0.25, 0.3) is 0 Å². The zero-order chi connectivity index (χ0) is 21.9. The number of carbonyl (C=O) groups excluding carboxylic acids is 2. The number of halogens is 1. The molecule has 0 radical (unpaired) electrons. The van der Waals surface area contributed by atoms with Crippen molar-refractivity contribution in [1.82, 2.24) is 4.90 Å². The lowest BCUT2D eigenvalue weighted by atomic mass is 10.0. The first-order valence-electron chi connectivity index (χ1n) is 9.64. The summed E-state index contributed by atoms with van der Waals surface area (Å²) >= 11 is 5.90. The molecule has 1 fully saturated rings. The molecule has 8 heteroatoms. The lowest BCUT2D eigenvalue weighted by molar-refractivity contribution is -0.133. The van der Waals surface area contributed by atoms with Crippen molar-refractivity contribution in [2.45, 2.75) is 41.9 Å². The maximum absolute atomic E-state index is 13.5. The summed E-state index contributed by atoms with van der Waals surface area (Å²) in [5.74, 6) is -0.850. The Bertz CT molecular complexity index is 1030. The van der Waals surface area contributed by atoms with Crippen molar-refractivity contribution in [1.29, 1.82) is 0 Å². The summed E-state index contributed by atoms with van der Waals surface area (Å²) in [6.45, 7) is 0.234. The van der Waals surface area contributed by atoms with Gasteiger partial charge >= 0.3 is 5.97 Å². The molecule has 0 saturated heterocycles. The number of ether oxygens (including phenoxy) is 1. The number of hydrogen-bond donors (Lipinski definition) is 0. The SMILES string of the molecule is COC(=O)c1ccc(CN(C)C(=O)C2(S(=O)(=O)c3ccc(Cl)cc3)CCCC2)cc1. The molecule has 1 amide bonds. The van der Waals surface area contributed by atoms with Crippen LogP contribution in [-0.2, 0) is 25.9 Å². The molecular formula is C22H24ClNO5S. The molecule has 160 valence electrons. The molecule has 30 heavy (non-hydrogen) atoms. The third-order valence-corrected chi connectivity index (χ3v) is 8.34. The van der Waals surface area contributed by atoms with E-state index in [-0.39, 0.29) is 11.4 Å². The van der Waals surface area contributed by atoms with E-state index in [0.29, 0.717) is 36.3 Å². The van der Waals surface area contributed by atoms with Crippen molar-refractivity contribution in [3.05, 3.63) is 64.7 Å². The number of methoxy groups -OCH3 is 1. The van der Waals surface area contributed by atoms with Crippen molar-refractivity contribution in [3.63, 3.8) is 0 Å². The summed E-state index contributed by atoms with van der Waals surface area (Å²) in [4.78, 5) is 26.6. The Morgan fingerprint density at radius 3 is 2.13 bits per heavy atom. The van der Waals surface area contributed by atoms with Crippen LogP contribution in [0.4, 0.5) is 0 Å². The lowest BCUT2D eigenvalue weighted by Crippen LogP contribution is -2.50. The highest BCUT2D eigenvalue weighted by Crippen LogP contribution is 2.42. The van der Waals surface area contributed by atoms with Gasteiger partial charge in [0.2, 0.25) is 5.91 Å². The van der Waals surface area contributed by atoms with Gasteiger partial charge in [-0.15, -0.1) is 0 Å². The fraction of sp³-hybridized carbons (Fsp3) is 0.364. The predicted molar refractivity (Wildman–Crippen MR) is 114 cm³/mol. The molecule has 1 aliphatic carbocycles. The second kappa shape index (κ2) is 8.78. The van der Waals surface area contributed by atoms with Crippen LogP contribution >= 0.6 is 11.6 Å². The Kier molecular flexibility index (Phi) is 6.53. The summed E-state index contributed by atoms with van der Waals surface area (Å²) < 4.78 is 30.2. The van der Waals surface area contributed by atoms with E-state index in [0.717, 1.165) is 5.56 Å². The molecule has 0 N–H and O–H groups in total. The smallest absolute Gasteiger partial charge is 0.337 e. The van der Waals surface area contributed by atoms with Gasteiger partial charge in [0.05, 0.1) is 17.6 Å². The molecule has 0 aromatic heterocycles. The second-order valence-corrected chi connectivity index (χ2v) is 10.2. The second-order valence-electron chi connectivity index (χ2n) is 7.51. The fourth-order valence-electron chi connectivity index (χ4n) is 3.94. The van der Waals surface area contributed by atoms with Gasteiger partial charge in [0.15, 0.2) is 14.6 Å². The molecule has 6 nitrogen and oxygen atoms in total. The molecule has 0 bridgehead atoms. The highest BCUT2D eigenvalue weighted by molar-refractivity contribution is 7.93. The first-order valence-corrected chi connectivity index (χ1v) is 11.5. The molecule has 3 rings (SSSR count). The Morgan fingerprint density at radius 1 is 1.03 bits per heavy atom. The van der Waals surface area contributed by atoms with Crippen molar-refractivity contribution < 1.29 is 22.7 Å². The molecule has 1 saturated carbocycles. The quantitative estimate of drug-likeness (QED) is 0.625. The van der Waals surface area contributed by atoms with Crippen molar-refractivity contribution in [2.24, 2.45) is 0 Å². The fourth-order valence-corrected chi connectivity index (χ4v) is 6.22. The topological polar surface area (TPSA) is 80.8 Å². The highest BCUT2D eigenvalue weighted by atomic mass is 35.5. The number of carbonyl (C=O) groups is 2. The van der Waals surface area contributed by atoms with Gasteiger partial charge in [-0.05, 0) is 54.8 Å². The summed E-state index contributed by atoms with van der Waals surface area (Å²) in [6, 6.07) is 12.6. The van der Waals surface area contributed by atoms with Gasteiger partial charge in [0.1, 0.15) is 0 Å². The lowest BCUT2D eigenvalue weighted by Gasteiger charge is -2.32. The number of amides is 1. The molecule has 0 unspecified atom stereocenters. The molecule has 1 aliphatic rings. The maximum atomic E-state index is 13.5. The predicted octanol–water partition coefficient (Wildman–Crippen LogP) is 3.87. The van der Waals surface area contributed by atoms with Gasteiger partial charge < -0.3 is 9.64 Å². The van der Waals surface area contributed by atoms with Crippen LogP contribution in [0.3, 0.4) is 0 Å². The Hall–Kier alpha value is -2.38. The van der Waals surface area contributed by atoms with Crippen LogP contribution in [-0.4, -0.2) is 44.1 Å². The number of sulfone groups is 1. The van der Waals surface area contributed by atoms with E-state index < -0.39 is 26.5 Å². The van der Waals surface area contributed by atoms with Crippen LogP contribution in [0.5, 0.6) is 0 Å². The first-order chi connectivity index (χ1) is 14.2. The van der Waals surface area contributed by atoms with Crippen molar-refractivity contribution in [3.8, 4) is 0 Å². The van der Waals surface area contributed by atoms with Crippen LogP contribution in [0.25, 0.3) is 0 Å². The molecule has 2 aromatic carbocycles. The van der Waals surface area contributed by atoms with Gasteiger partial charge in [-0.3, -0.25) is 4.79 Å². The van der Waals surface area contributed by atoms with E-state index in [4.69, 9.17) is 11.6 Å². The maximum Gasteiger partial charge on any atom is 0.337 e. The third-order valence-electron chi connectivity index (χ3n) is 5.58. The molecule has 0 atom stereocenters.